The molecule has 6 nitrogen and oxygen atoms in total. The summed E-state index contributed by atoms with van der Waals surface area (Å²) < 4.78 is 18.2. The predicted octanol–water partition coefficient (Wildman–Crippen LogP) is 1.25. The van der Waals surface area contributed by atoms with Crippen LogP contribution in [0.2, 0.25) is 0 Å². The smallest absolute Gasteiger partial charge is 0.262 e. The van der Waals surface area contributed by atoms with E-state index in [0.717, 1.165) is 5.69 Å². The number of nitrogens with two attached hydrogens (primary N) is 1. The molecule has 0 aliphatic rings. The van der Waals surface area contributed by atoms with Crippen molar-refractivity contribution in [2.45, 2.75) is 12.0 Å². The van der Waals surface area contributed by atoms with E-state index in [4.69, 9.17) is 22.0 Å². The van der Waals surface area contributed by atoms with Crippen LogP contribution in [0.25, 0.3) is 0 Å². The fourth-order valence-electron chi connectivity index (χ4n) is 1.64. The van der Waals surface area contributed by atoms with Gasteiger partial charge in [0.15, 0.2) is 5.12 Å². The molecule has 2 unspecified atom stereocenters. The summed E-state index contributed by atoms with van der Waals surface area (Å²) in [6.45, 7) is 1.86. The second-order valence-electron chi connectivity index (χ2n) is 4.27. The van der Waals surface area contributed by atoms with Crippen LogP contribution in [0.1, 0.15) is 6.92 Å². The molecule has 0 bridgehead atoms. The summed E-state index contributed by atoms with van der Waals surface area (Å²) >= 11 is 5.96. The van der Waals surface area contributed by atoms with Crippen molar-refractivity contribution in [3.63, 3.8) is 0 Å². The largest absolute Gasteiger partial charge is 0.378 e. The highest BCUT2D eigenvalue weighted by molar-refractivity contribution is 7.70. The van der Waals surface area contributed by atoms with Crippen LogP contribution < -0.4 is 21.5 Å². The molecule has 112 valence electrons. The minimum absolute atomic E-state index is 0.174. The monoisotopic (exact) mass is 319 g/mol. The molecule has 0 spiro atoms. The fourth-order valence-corrected chi connectivity index (χ4v) is 4.09. The first-order valence-corrected chi connectivity index (χ1v) is 8.16. The van der Waals surface area contributed by atoms with E-state index in [0.29, 0.717) is 5.30 Å². The number of halogens is 1. The molecule has 3 N–H and O–H groups in total. The Hall–Kier alpha value is -1.07. The Kier molecular flexibility index (Phi) is 6.02. The van der Waals surface area contributed by atoms with Gasteiger partial charge in [-0.05, 0) is 31.2 Å². The van der Waals surface area contributed by atoms with Crippen molar-refractivity contribution >= 4 is 35.9 Å². The molecule has 2 atom stereocenters. The van der Waals surface area contributed by atoms with Gasteiger partial charge in [-0.25, -0.2) is 5.84 Å². The second kappa shape index (κ2) is 7.09. The van der Waals surface area contributed by atoms with Crippen LogP contribution in [0.3, 0.4) is 0 Å². The number of anilines is 1. The number of carbonyl (C=O) groups is 1. The summed E-state index contributed by atoms with van der Waals surface area (Å²) in [5, 5.41) is -0.980. The molecule has 0 saturated heterocycles. The lowest BCUT2D eigenvalue weighted by Gasteiger charge is -2.22. The van der Waals surface area contributed by atoms with Crippen molar-refractivity contribution in [1.82, 2.24) is 5.43 Å². The van der Waals surface area contributed by atoms with Crippen LogP contribution in [0.15, 0.2) is 24.3 Å². The van der Waals surface area contributed by atoms with Crippen LogP contribution in [-0.4, -0.2) is 31.7 Å². The Morgan fingerprint density at radius 1 is 1.45 bits per heavy atom. The van der Waals surface area contributed by atoms with Crippen molar-refractivity contribution in [2.24, 2.45) is 5.84 Å². The van der Waals surface area contributed by atoms with Gasteiger partial charge in [-0.15, -0.1) is 11.6 Å². The number of amides is 1. The molecule has 0 heterocycles. The SMILES string of the molecule is CCOP(=O)(c1ccc(N(C)C)cc1)C(Cl)C(=O)NN. The van der Waals surface area contributed by atoms with Gasteiger partial charge in [0.05, 0.1) is 6.61 Å². The summed E-state index contributed by atoms with van der Waals surface area (Å²) in [6, 6.07) is 6.85. The molecule has 8 heteroatoms. The lowest BCUT2D eigenvalue weighted by Crippen LogP contribution is -2.38. The normalized spacial score (nSPS) is 15.2. The van der Waals surface area contributed by atoms with E-state index in [9.17, 15) is 9.36 Å². The standard InChI is InChI=1S/C12H19ClN3O3P/c1-4-19-20(18,11(13)12(17)15-14)10-7-5-9(6-8-10)16(2)3/h5-8,11H,4,14H2,1-3H3,(H,15,17). The minimum atomic E-state index is -3.53. The topological polar surface area (TPSA) is 84.7 Å². The maximum absolute atomic E-state index is 12.9. The van der Waals surface area contributed by atoms with E-state index >= 15 is 0 Å². The molecule has 0 aliphatic heterocycles. The number of nitrogens with one attached hydrogen (secondary N) is 1. The molecule has 20 heavy (non-hydrogen) atoms. The van der Waals surface area contributed by atoms with E-state index in [1.54, 1.807) is 31.2 Å². The van der Waals surface area contributed by atoms with E-state index in [-0.39, 0.29) is 6.61 Å². The third kappa shape index (κ3) is 3.52. The molecule has 1 aromatic rings. The Bertz CT molecular complexity index is 507. The first-order chi connectivity index (χ1) is 9.36. The number of benzene rings is 1. The number of hydrogen-bond donors (Lipinski definition) is 2. The van der Waals surface area contributed by atoms with Gasteiger partial charge in [0, 0.05) is 25.1 Å². The highest BCUT2D eigenvalue weighted by atomic mass is 35.5. The molecular weight excluding hydrogens is 301 g/mol. The summed E-state index contributed by atoms with van der Waals surface area (Å²) in [7, 11) is 0.254. The van der Waals surface area contributed by atoms with Crippen LogP contribution in [0, 0.1) is 0 Å². The Morgan fingerprint density at radius 3 is 2.40 bits per heavy atom. The molecule has 0 aromatic heterocycles. The lowest BCUT2D eigenvalue weighted by molar-refractivity contribution is -0.119. The Balaban J connectivity index is 3.18. The van der Waals surface area contributed by atoms with Gasteiger partial charge in [0.25, 0.3) is 13.3 Å². The van der Waals surface area contributed by atoms with Gasteiger partial charge in [0.1, 0.15) is 0 Å². The average Bonchev–Trinajstić information content (AvgIpc) is 2.45. The minimum Gasteiger partial charge on any atom is -0.378 e. The molecule has 0 saturated carbocycles. The van der Waals surface area contributed by atoms with Crippen molar-refractivity contribution < 1.29 is 13.9 Å². The molecule has 1 rings (SSSR count). The summed E-state index contributed by atoms with van der Waals surface area (Å²) in [5.41, 5.74) is 2.83. The third-order valence-corrected chi connectivity index (χ3v) is 6.16. The second-order valence-corrected chi connectivity index (χ2v) is 7.50. The first-order valence-electron chi connectivity index (χ1n) is 6.03. The van der Waals surface area contributed by atoms with Gasteiger partial charge in [-0.3, -0.25) is 14.8 Å². The molecule has 0 aliphatic carbocycles. The lowest BCUT2D eigenvalue weighted by atomic mass is 10.3. The zero-order valence-electron chi connectivity index (χ0n) is 11.7. The van der Waals surface area contributed by atoms with Crippen molar-refractivity contribution in [3.8, 4) is 0 Å². The fraction of sp³-hybridized carbons (Fsp3) is 0.417. The molecule has 0 radical (unpaired) electrons. The Morgan fingerprint density at radius 2 is 2.00 bits per heavy atom. The number of nitrogens with zero attached hydrogens (tertiary/aromatic N) is 1. The quantitative estimate of drug-likeness (QED) is 0.271. The van der Waals surface area contributed by atoms with Crippen LogP contribution in [0.5, 0.6) is 0 Å². The first kappa shape index (κ1) is 17.0. The van der Waals surface area contributed by atoms with E-state index < -0.39 is 18.4 Å². The predicted molar refractivity (Wildman–Crippen MR) is 81.6 cm³/mol. The molecule has 1 aromatic carbocycles. The maximum Gasteiger partial charge on any atom is 0.262 e. The van der Waals surface area contributed by atoms with Gasteiger partial charge >= 0.3 is 0 Å². The van der Waals surface area contributed by atoms with Gasteiger partial charge in [-0.2, -0.15) is 0 Å². The highest BCUT2D eigenvalue weighted by Gasteiger charge is 2.39. The summed E-state index contributed by atoms with van der Waals surface area (Å²) in [6.07, 6.45) is 0. The molecular formula is C12H19ClN3O3P. The van der Waals surface area contributed by atoms with E-state index in [1.165, 1.54) is 0 Å². The molecule has 0 fully saturated rings. The molecule has 1 amide bonds. The maximum atomic E-state index is 12.9. The van der Waals surface area contributed by atoms with E-state index in [2.05, 4.69) is 0 Å². The third-order valence-electron chi connectivity index (χ3n) is 2.70. The number of carbonyl (C=O) groups excluding carboxylic acids is 1. The number of rotatable bonds is 6. The van der Waals surface area contributed by atoms with Crippen molar-refractivity contribution in [1.29, 1.82) is 0 Å². The Labute approximate surface area is 123 Å². The summed E-state index contributed by atoms with van der Waals surface area (Å²) in [5.74, 6) is 4.30. The average molecular weight is 320 g/mol. The number of hydrogen-bond acceptors (Lipinski definition) is 5. The van der Waals surface area contributed by atoms with Crippen LogP contribution >= 0.6 is 19.0 Å². The zero-order chi connectivity index (χ0) is 15.3. The summed E-state index contributed by atoms with van der Waals surface area (Å²) in [4.78, 5) is 13.5. The number of alkyl halides is 1. The highest BCUT2D eigenvalue weighted by Crippen LogP contribution is 2.52. The van der Waals surface area contributed by atoms with Gasteiger partial charge in [-0.1, -0.05) is 0 Å². The van der Waals surface area contributed by atoms with Crippen molar-refractivity contribution in [2.75, 3.05) is 25.6 Å². The van der Waals surface area contributed by atoms with Crippen molar-refractivity contribution in [3.05, 3.63) is 24.3 Å². The zero-order valence-corrected chi connectivity index (χ0v) is 13.3. The van der Waals surface area contributed by atoms with E-state index in [1.807, 2.05) is 24.4 Å². The van der Waals surface area contributed by atoms with Crippen LogP contribution in [0.4, 0.5) is 5.69 Å². The van der Waals surface area contributed by atoms with Gasteiger partial charge < -0.3 is 9.42 Å². The van der Waals surface area contributed by atoms with Gasteiger partial charge in [0.2, 0.25) is 0 Å². The van der Waals surface area contributed by atoms with Crippen LogP contribution in [-0.2, 0) is 13.9 Å². The number of hydrazine groups is 1.